The Bertz CT molecular complexity index is 452. The monoisotopic (exact) mass is 355 g/mol. The molecule has 0 saturated carbocycles. The fourth-order valence-electron chi connectivity index (χ4n) is 2.87. The molecule has 0 radical (unpaired) electrons. The molecular weight excluding hydrogens is 330 g/mol. The Morgan fingerprint density at radius 1 is 1.43 bits per heavy atom. The number of methoxy groups -OCH3 is 1. The molecule has 1 fully saturated rings. The first-order valence-electron chi connectivity index (χ1n) is 7.85. The van der Waals surface area contributed by atoms with Gasteiger partial charge in [0, 0.05) is 10.5 Å². The molecular formula is C17H26BrNO2. The van der Waals surface area contributed by atoms with Gasteiger partial charge >= 0.3 is 0 Å². The molecule has 3 unspecified atom stereocenters. The first kappa shape index (κ1) is 16.8. The highest BCUT2D eigenvalue weighted by molar-refractivity contribution is 9.10. The van der Waals surface area contributed by atoms with Crippen molar-refractivity contribution in [3.63, 3.8) is 0 Å². The van der Waals surface area contributed by atoms with Crippen molar-refractivity contribution in [2.75, 3.05) is 13.7 Å². The van der Waals surface area contributed by atoms with Crippen molar-refractivity contribution in [2.24, 2.45) is 0 Å². The quantitative estimate of drug-likeness (QED) is 0.803. The van der Waals surface area contributed by atoms with Gasteiger partial charge in [0.05, 0.1) is 19.3 Å². The van der Waals surface area contributed by atoms with Gasteiger partial charge in [0.1, 0.15) is 5.75 Å². The van der Waals surface area contributed by atoms with E-state index in [2.05, 4.69) is 47.2 Å². The summed E-state index contributed by atoms with van der Waals surface area (Å²) in [5.41, 5.74) is 1.27. The van der Waals surface area contributed by atoms with Crippen molar-refractivity contribution in [3.05, 3.63) is 28.2 Å². The van der Waals surface area contributed by atoms with E-state index in [0.717, 1.165) is 42.5 Å². The zero-order chi connectivity index (χ0) is 15.2. The van der Waals surface area contributed by atoms with Crippen molar-refractivity contribution in [1.82, 2.24) is 5.32 Å². The Morgan fingerprint density at radius 3 is 2.86 bits per heavy atom. The second kappa shape index (κ2) is 8.16. The topological polar surface area (TPSA) is 30.5 Å². The summed E-state index contributed by atoms with van der Waals surface area (Å²) in [5.74, 6) is 0.906. The first-order valence-corrected chi connectivity index (χ1v) is 8.64. The highest BCUT2D eigenvalue weighted by Gasteiger charge is 2.29. The average Bonchev–Trinajstić information content (AvgIpc) is 2.91. The van der Waals surface area contributed by atoms with Gasteiger partial charge in [0.2, 0.25) is 0 Å². The number of hydrogen-bond donors (Lipinski definition) is 1. The lowest BCUT2D eigenvalue weighted by Gasteiger charge is -2.25. The second-order valence-electron chi connectivity index (χ2n) is 5.78. The van der Waals surface area contributed by atoms with Crippen LogP contribution >= 0.6 is 15.9 Å². The van der Waals surface area contributed by atoms with E-state index in [4.69, 9.17) is 9.47 Å². The van der Waals surface area contributed by atoms with Crippen LogP contribution in [0.2, 0.25) is 0 Å². The lowest BCUT2D eigenvalue weighted by Crippen LogP contribution is -2.42. The van der Waals surface area contributed by atoms with E-state index in [-0.39, 0.29) is 0 Å². The highest BCUT2D eigenvalue weighted by atomic mass is 79.9. The SMILES string of the molecule is CCCNC(Cc1cc(OC)ccc1Br)C1CCC(C)O1. The molecule has 1 aliphatic rings. The van der Waals surface area contributed by atoms with E-state index in [1.54, 1.807) is 7.11 Å². The molecule has 0 aliphatic carbocycles. The van der Waals surface area contributed by atoms with Gasteiger partial charge in [-0.2, -0.15) is 0 Å². The number of hydrogen-bond acceptors (Lipinski definition) is 3. The van der Waals surface area contributed by atoms with Gasteiger partial charge in [0.15, 0.2) is 0 Å². The summed E-state index contributed by atoms with van der Waals surface area (Å²) in [6, 6.07) is 6.51. The summed E-state index contributed by atoms with van der Waals surface area (Å²) < 4.78 is 12.6. The lowest BCUT2D eigenvalue weighted by molar-refractivity contribution is 0.0320. The van der Waals surface area contributed by atoms with Crippen LogP contribution in [0.3, 0.4) is 0 Å². The molecule has 1 aliphatic heterocycles. The van der Waals surface area contributed by atoms with Gasteiger partial charge in [-0.25, -0.2) is 0 Å². The van der Waals surface area contributed by atoms with E-state index in [0.29, 0.717) is 18.2 Å². The van der Waals surface area contributed by atoms with Gasteiger partial charge in [-0.3, -0.25) is 0 Å². The summed E-state index contributed by atoms with van der Waals surface area (Å²) >= 11 is 3.65. The summed E-state index contributed by atoms with van der Waals surface area (Å²) in [5, 5.41) is 3.66. The van der Waals surface area contributed by atoms with Crippen LogP contribution in [-0.2, 0) is 11.2 Å². The van der Waals surface area contributed by atoms with E-state index in [1.807, 2.05) is 6.07 Å². The predicted molar refractivity (Wildman–Crippen MR) is 90.0 cm³/mol. The molecule has 2 rings (SSSR count). The number of rotatable bonds is 7. The van der Waals surface area contributed by atoms with Crippen LogP contribution in [-0.4, -0.2) is 31.9 Å². The van der Waals surface area contributed by atoms with Crippen LogP contribution in [0.1, 0.15) is 38.7 Å². The number of ether oxygens (including phenoxy) is 2. The van der Waals surface area contributed by atoms with Crippen LogP contribution in [0.4, 0.5) is 0 Å². The summed E-state index contributed by atoms with van der Waals surface area (Å²) in [6.07, 6.45) is 5.09. The molecule has 1 saturated heterocycles. The Kier molecular flexibility index (Phi) is 6.52. The maximum Gasteiger partial charge on any atom is 0.119 e. The van der Waals surface area contributed by atoms with Crippen molar-refractivity contribution in [2.45, 2.75) is 57.8 Å². The highest BCUT2D eigenvalue weighted by Crippen LogP contribution is 2.28. The number of halogens is 1. The van der Waals surface area contributed by atoms with Crippen LogP contribution < -0.4 is 10.1 Å². The van der Waals surface area contributed by atoms with Crippen molar-refractivity contribution in [1.29, 1.82) is 0 Å². The van der Waals surface area contributed by atoms with Gasteiger partial charge < -0.3 is 14.8 Å². The summed E-state index contributed by atoms with van der Waals surface area (Å²) in [4.78, 5) is 0. The standard InChI is InChI=1S/C17H26BrNO2/c1-4-9-19-16(17-8-5-12(2)21-17)11-13-10-14(20-3)6-7-15(13)18/h6-7,10,12,16-17,19H,4-5,8-9,11H2,1-3H3. The van der Waals surface area contributed by atoms with Crippen molar-refractivity contribution < 1.29 is 9.47 Å². The molecule has 118 valence electrons. The van der Waals surface area contributed by atoms with Gasteiger partial charge in [0.25, 0.3) is 0 Å². The Labute approximate surface area is 136 Å². The lowest BCUT2D eigenvalue weighted by atomic mass is 9.99. The Balaban J connectivity index is 2.10. The fourth-order valence-corrected chi connectivity index (χ4v) is 3.27. The maximum atomic E-state index is 6.08. The third kappa shape index (κ3) is 4.70. The van der Waals surface area contributed by atoms with Crippen LogP contribution in [0, 0.1) is 0 Å². The fraction of sp³-hybridized carbons (Fsp3) is 0.647. The molecule has 1 aromatic carbocycles. The predicted octanol–water partition coefficient (Wildman–Crippen LogP) is 3.94. The molecule has 3 atom stereocenters. The normalized spacial score (nSPS) is 23.2. The Hall–Kier alpha value is -0.580. The zero-order valence-electron chi connectivity index (χ0n) is 13.2. The summed E-state index contributed by atoms with van der Waals surface area (Å²) in [7, 11) is 1.71. The molecule has 0 bridgehead atoms. The molecule has 1 aromatic rings. The van der Waals surface area contributed by atoms with Crippen molar-refractivity contribution >= 4 is 15.9 Å². The van der Waals surface area contributed by atoms with Crippen molar-refractivity contribution in [3.8, 4) is 5.75 Å². The second-order valence-corrected chi connectivity index (χ2v) is 6.64. The molecule has 21 heavy (non-hydrogen) atoms. The third-order valence-corrected chi connectivity index (χ3v) is 4.84. The number of nitrogens with one attached hydrogen (secondary N) is 1. The minimum atomic E-state index is 0.310. The minimum absolute atomic E-state index is 0.310. The molecule has 1 N–H and O–H groups in total. The van der Waals surface area contributed by atoms with Crippen LogP contribution in [0.5, 0.6) is 5.75 Å². The molecule has 0 spiro atoms. The third-order valence-electron chi connectivity index (χ3n) is 4.06. The van der Waals surface area contributed by atoms with Gasteiger partial charge in [-0.1, -0.05) is 22.9 Å². The van der Waals surface area contributed by atoms with Crippen LogP contribution in [0.25, 0.3) is 0 Å². The first-order chi connectivity index (χ1) is 10.1. The molecule has 1 heterocycles. The smallest absolute Gasteiger partial charge is 0.119 e. The largest absolute Gasteiger partial charge is 0.497 e. The molecule has 3 nitrogen and oxygen atoms in total. The average molecular weight is 356 g/mol. The van der Waals surface area contributed by atoms with E-state index >= 15 is 0 Å². The van der Waals surface area contributed by atoms with E-state index < -0.39 is 0 Å². The van der Waals surface area contributed by atoms with E-state index in [9.17, 15) is 0 Å². The Morgan fingerprint density at radius 2 is 2.24 bits per heavy atom. The number of benzene rings is 1. The molecule has 4 heteroatoms. The van der Waals surface area contributed by atoms with Gasteiger partial charge in [-0.05, 0) is 62.9 Å². The van der Waals surface area contributed by atoms with E-state index in [1.165, 1.54) is 5.56 Å². The summed E-state index contributed by atoms with van der Waals surface area (Å²) in [6.45, 7) is 5.39. The molecule has 0 aromatic heterocycles. The molecule has 0 amide bonds. The van der Waals surface area contributed by atoms with Crippen LogP contribution in [0.15, 0.2) is 22.7 Å². The zero-order valence-corrected chi connectivity index (χ0v) is 14.8. The van der Waals surface area contributed by atoms with Gasteiger partial charge in [-0.15, -0.1) is 0 Å². The maximum absolute atomic E-state index is 6.08. The minimum Gasteiger partial charge on any atom is -0.497 e.